The largest absolute Gasteiger partial charge is 0.512 e. The SMILES string of the molecule is CC(=O)C=C(C)O.CC(=O)CC(C)=O.CCOc1ccc(-c2[c-]c3c(cc2)c2ccc(-c4ccc(OCC)cc4)cc2c2nc(C)cnc32)cc1.CCOc1ccc(-c2ccc3c4ccc(-c5ccc(OCC)cc5)cc4c4nc(C)cnc4c3c2)cc1.[Ir]. The van der Waals surface area contributed by atoms with Gasteiger partial charge in [-0.3, -0.25) is 29.3 Å². The van der Waals surface area contributed by atoms with Gasteiger partial charge in [-0.15, -0.1) is 23.8 Å². The second-order valence-electron chi connectivity index (χ2n) is 21.2. The molecule has 1 N–H and O–H groups in total. The average Bonchev–Trinajstić information content (AvgIpc) is 0.797. The number of carbonyl (C=O) groups is 3. The Morgan fingerprint density at radius 2 is 0.742 bits per heavy atom. The van der Waals surface area contributed by atoms with Gasteiger partial charge in [0.25, 0.3) is 0 Å². The summed E-state index contributed by atoms with van der Waals surface area (Å²) in [6.07, 6.45) is 4.94. The quantitative estimate of drug-likeness (QED) is 0.0341. The van der Waals surface area contributed by atoms with Gasteiger partial charge in [0.2, 0.25) is 0 Å². The van der Waals surface area contributed by atoms with Crippen LogP contribution in [0.4, 0.5) is 0 Å². The summed E-state index contributed by atoms with van der Waals surface area (Å²) in [5, 5.41) is 17.3. The molecule has 0 aliphatic carbocycles. The van der Waals surface area contributed by atoms with E-state index in [2.05, 4.69) is 121 Å². The number of carbonyl (C=O) groups excluding carboxylic acids is 3. The van der Waals surface area contributed by atoms with Crippen LogP contribution < -0.4 is 18.9 Å². The van der Waals surface area contributed by atoms with Crippen LogP contribution in [0.15, 0.2) is 188 Å². The first-order valence-corrected chi connectivity index (χ1v) is 29.5. The van der Waals surface area contributed by atoms with Crippen molar-refractivity contribution in [1.82, 2.24) is 19.9 Å². The molecular formula is C76H71IrN4O8-. The second kappa shape index (κ2) is 30.3. The maximum Gasteiger partial charge on any atom is 0.155 e. The van der Waals surface area contributed by atoms with Crippen LogP contribution in [0, 0.1) is 19.9 Å². The topological polar surface area (TPSA) is 160 Å². The first-order chi connectivity index (χ1) is 42.5. The minimum Gasteiger partial charge on any atom is -0.512 e. The Labute approximate surface area is 533 Å². The third-order valence-corrected chi connectivity index (χ3v) is 14.3. The van der Waals surface area contributed by atoms with Gasteiger partial charge in [-0.1, -0.05) is 101 Å². The van der Waals surface area contributed by atoms with E-state index >= 15 is 0 Å². The molecule has 12 nitrogen and oxygen atoms in total. The van der Waals surface area contributed by atoms with Crippen LogP contribution >= 0.6 is 0 Å². The molecule has 0 saturated heterocycles. The predicted molar refractivity (Wildman–Crippen MR) is 357 cm³/mol. The monoisotopic (exact) mass is 1360 g/mol. The Bertz CT molecular complexity index is 4250. The number of aliphatic hydroxyl groups excluding tert-OH is 1. The molecule has 1 radical (unpaired) electrons. The summed E-state index contributed by atoms with van der Waals surface area (Å²) >= 11 is 0. The molecule has 89 heavy (non-hydrogen) atoms. The van der Waals surface area contributed by atoms with Crippen LogP contribution in [-0.4, -0.2) is 68.8 Å². The first kappa shape index (κ1) is 65.3. The van der Waals surface area contributed by atoms with Gasteiger partial charge < -0.3 is 24.1 Å². The molecule has 0 aliphatic heterocycles. The van der Waals surface area contributed by atoms with Crippen LogP contribution in [0.1, 0.15) is 73.2 Å². The second-order valence-corrected chi connectivity index (χ2v) is 21.2. The summed E-state index contributed by atoms with van der Waals surface area (Å²) < 4.78 is 22.5. The van der Waals surface area contributed by atoms with Crippen molar-refractivity contribution in [3.63, 3.8) is 0 Å². The molecule has 0 aliphatic rings. The summed E-state index contributed by atoms with van der Waals surface area (Å²) in [7, 11) is 0. The number of aryl methyl sites for hydroxylation is 2. The van der Waals surface area contributed by atoms with E-state index in [0.29, 0.717) is 26.4 Å². The maximum atomic E-state index is 10.0. The van der Waals surface area contributed by atoms with Gasteiger partial charge >= 0.3 is 0 Å². The molecule has 12 aromatic rings. The van der Waals surface area contributed by atoms with E-state index in [4.69, 9.17) is 44.0 Å². The van der Waals surface area contributed by atoms with Gasteiger partial charge in [-0.25, -0.2) is 4.98 Å². The van der Waals surface area contributed by atoms with Crippen LogP contribution in [0.5, 0.6) is 23.0 Å². The van der Waals surface area contributed by atoms with Crippen LogP contribution in [-0.2, 0) is 34.5 Å². The third kappa shape index (κ3) is 16.1. The number of hydrogen-bond acceptors (Lipinski definition) is 12. The Kier molecular flexibility index (Phi) is 22.2. The Morgan fingerprint density at radius 1 is 0.416 bits per heavy atom. The summed E-state index contributed by atoms with van der Waals surface area (Å²) in [5.41, 5.74) is 14.4. The average molecular weight is 1360 g/mol. The number of rotatable bonds is 15. The standard InChI is InChI=1S/C33H28N2O2.C33H27N2O2.2C5H8O2.Ir/c2*1-4-36-26-12-6-22(7-13-26)24-10-16-28-29-17-11-25(23-8-14-27(15-9-23)37-5-2)19-31(29)33-32(30(28)18-24)34-20-21(3)35-33;2*1-4(6)3-5(2)7;/h6-20H,4-5H2,1-3H3;6-17,19-20H,4-5H2,1-3H3;3H2,1-2H3;3,6H,1-2H3;/q;-1;;;. The zero-order valence-electron chi connectivity index (χ0n) is 51.8. The molecule has 10 aromatic carbocycles. The molecule has 0 amide bonds. The fourth-order valence-corrected chi connectivity index (χ4v) is 10.5. The van der Waals surface area contributed by atoms with Crippen molar-refractivity contribution in [3.8, 4) is 67.5 Å². The normalized spacial score (nSPS) is 11.0. The molecule has 453 valence electrons. The van der Waals surface area contributed by atoms with Crippen molar-refractivity contribution >= 4 is 82.5 Å². The van der Waals surface area contributed by atoms with Gasteiger partial charge in [0.05, 0.1) is 66.5 Å². The van der Waals surface area contributed by atoms with E-state index < -0.39 is 0 Å². The first-order valence-electron chi connectivity index (χ1n) is 29.5. The molecule has 2 heterocycles. The number of aromatic nitrogens is 4. The van der Waals surface area contributed by atoms with Crippen molar-refractivity contribution in [2.75, 3.05) is 26.4 Å². The molecule has 12 rings (SSSR count). The molecule has 0 bridgehead atoms. The molecule has 0 atom stereocenters. The zero-order valence-corrected chi connectivity index (χ0v) is 54.2. The van der Waals surface area contributed by atoms with E-state index in [1.54, 1.807) is 0 Å². The molecule has 0 fully saturated rings. The minimum atomic E-state index is -0.125. The van der Waals surface area contributed by atoms with Gasteiger partial charge in [-0.05, 0) is 191 Å². The summed E-state index contributed by atoms with van der Waals surface area (Å²) in [5.74, 6) is 3.32. The van der Waals surface area contributed by atoms with E-state index in [1.165, 1.54) is 44.5 Å². The molecule has 0 saturated carbocycles. The van der Waals surface area contributed by atoms with Crippen LogP contribution in [0.2, 0.25) is 0 Å². The van der Waals surface area contributed by atoms with Crippen molar-refractivity contribution in [2.24, 2.45) is 0 Å². The molecule has 13 heteroatoms. The van der Waals surface area contributed by atoms with Gasteiger partial charge in [-0.2, -0.15) is 0 Å². The fraction of sp³-hybridized carbons (Fsp3) is 0.197. The van der Waals surface area contributed by atoms with Crippen molar-refractivity contribution in [1.29, 1.82) is 0 Å². The number of aliphatic hydroxyl groups is 1. The van der Waals surface area contributed by atoms with E-state index in [0.717, 1.165) is 133 Å². The van der Waals surface area contributed by atoms with Crippen LogP contribution in [0.25, 0.3) is 110 Å². The third-order valence-electron chi connectivity index (χ3n) is 14.3. The fourth-order valence-electron chi connectivity index (χ4n) is 10.5. The number of ether oxygens (including phenoxy) is 4. The number of ketones is 3. The van der Waals surface area contributed by atoms with Crippen molar-refractivity contribution < 1.29 is 58.5 Å². The summed E-state index contributed by atoms with van der Waals surface area (Å²) in [6.45, 7) is 20.2. The van der Waals surface area contributed by atoms with Gasteiger partial charge in [0.15, 0.2) is 5.78 Å². The summed E-state index contributed by atoms with van der Waals surface area (Å²) in [6, 6.07) is 60.7. The number of nitrogens with zero attached hydrogens (tertiary/aromatic N) is 4. The number of allylic oxidation sites excluding steroid dienone is 2. The van der Waals surface area contributed by atoms with Crippen molar-refractivity contribution in [3.05, 3.63) is 205 Å². The van der Waals surface area contributed by atoms with Crippen LogP contribution in [0.3, 0.4) is 0 Å². The molecular weight excluding hydrogens is 1290 g/mol. The Morgan fingerprint density at radius 3 is 1.08 bits per heavy atom. The van der Waals surface area contributed by atoms with Crippen molar-refractivity contribution in [2.45, 2.75) is 75.7 Å². The van der Waals surface area contributed by atoms with E-state index in [-0.39, 0.29) is 49.6 Å². The number of hydrogen-bond donors (Lipinski definition) is 1. The molecule has 0 spiro atoms. The van der Waals surface area contributed by atoms with Gasteiger partial charge in [0, 0.05) is 54.9 Å². The zero-order chi connectivity index (χ0) is 62.4. The predicted octanol–water partition coefficient (Wildman–Crippen LogP) is 18.1. The van der Waals surface area contributed by atoms with E-state index in [1.807, 2.05) is 102 Å². The van der Waals surface area contributed by atoms with Gasteiger partial charge in [0.1, 0.15) is 34.6 Å². The number of fused-ring (bicyclic) bond motifs is 12. The maximum absolute atomic E-state index is 10.0. The smallest absolute Gasteiger partial charge is 0.155 e. The number of benzene rings is 10. The van der Waals surface area contributed by atoms with E-state index in [9.17, 15) is 14.4 Å². The molecule has 2 aromatic heterocycles. The Balaban J connectivity index is 0.000000188. The number of Topliss-reactive ketones (excluding diaryl/α,β-unsaturated/α-hetero) is 2. The minimum absolute atomic E-state index is 0. The Hall–Kier alpha value is -9.68. The molecule has 0 unspecified atom stereocenters. The summed E-state index contributed by atoms with van der Waals surface area (Å²) in [4.78, 5) is 49.7.